The van der Waals surface area contributed by atoms with Crippen molar-refractivity contribution in [3.63, 3.8) is 0 Å². The fourth-order valence-corrected chi connectivity index (χ4v) is 6.12. The van der Waals surface area contributed by atoms with Gasteiger partial charge in [-0.05, 0) is 32.7 Å². The van der Waals surface area contributed by atoms with Gasteiger partial charge in [0.15, 0.2) is 9.84 Å². The summed E-state index contributed by atoms with van der Waals surface area (Å²) in [5.74, 6) is 0.000869. The Morgan fingerprint density at radius 2 is 1.90 bits per heavy atom. The van der Waals surface area contributed by atoms with Gasteiger partial charge in [-0.25, -0.2) is 21.6 Å². The summed E-state index contributed by atoms with van der Waals surface area (Å²) in [5.41, 5.74) is -0.839. The number of sulfonamides is 1. The fourth-order valence-electron chi connectivity index (χ4n) is 2.33. The van der Waals surface area contributed by atoms with Crippen LogP contribution in [0.25, 0.3) is 0 Å². The lowest BCUT2D eigenvalue weighted by Gasteiger charge is -2.23. The summed E-state index contributed by atoms with van der Waals surface area (Å²) in [4.78, 5) is 0. The second-order valence-electron chi connectivity index (χ2n) is 6.14. The van der Waals surface area contributed by atoms with Gasteiger partial charge in [0.25, 0.3) is 0 Å². The summed E-state index contributed by atoms with van der Waals surface area (Å²) >= 11 is 0. The minimum absolute atomic E-state index is 0.0441. The molecule has 0 bridgehead atoms. The number of nitrogens with one attached hydrogen (secondary N) is 2. The van der Waals surface area contributed by atoms with E-state index in [0.717, 1.165) is 13.0 Å². The van der Waals surface area contributed by atoms with E-state index in [0.29, 0.717) is 18.9 Å². The number of sulfone groups is 1. The smallest absolute Gasteiger partial charge is 0.212 e. The summed E-state index contributed by atoms with van der Waals surface area (Å²) in [6.45, 7) is 6.54. The van der Waals surface area contributed by atoms with E-state index in [1.54, 1.807) is 6.92 Å². The molecule has 2 N–H and O–H groups in total. The second-order valence-corrected chi connectivity index (χ2v) is 10.2. The van der Waals surface area contributed by atoms with E-state index in [1.165, 1.54) is 0 Å². The van der Waals surface area contributed by atoms with Crippen molar-refractivity contribution in [3.05, 3.63) is 0 Å². The minimum atomic E-state index is -3.42. The van der Waals surface area contributed by atoms with E-state index >= 15 is 0 Å². The highest BCUT2D eigenvalue weighted by molar-refractivity contribution is 7.92. The van der Waals surface area contributed by atoms with Crippen molar-refractivity contribution in [1.29, 1.82) is 0 Å². The van der Waals surface area contributed by atoms with Crippen LogP contribution in [0.15, 0.2) is 0 Å². The molecule has 0 radical (unpaired) electrons. The molecule has 6 nitrogen and oxygen atoms in total. The third kappa shape index (κ3) is 6.51. The molecule has 0 aliphatic carbocycles. The van der Waals surface area contributed by atoms with Gasteiger partial charge in [-0.3, -0.25) is 0 Å². The molecule has 1 heterocycles. The van der Waals surface area contributed by atoms with Crippen molar-refractivity contribution in [1.82, 2.24) is 10.0 Å². The van der Waals surface area contributed by atoms with E-state index in [-0.39, 0.29) is 17.3 Å². The van der Waals surface area contributed by atoms with Crippen LogP contribution in [-0.4, -0.2) is 52.2 Å². The van der Waals surface area contributed by atoms with E-state index in [1.807, 2.05) is 13.8 Å². The first-order valence-electron chi connectivity index (χ1n) is 6.99. The quantitative estimate of drug-likeness (QED) is 0.624. The molecule has 20 heavy (non-hydrogen) atoms. The molecule has 1 aliphatic heterocycles. The van der Waals surface area contributed by atoms with Crippen LogP contribution in [0.4, 0.5) is 0 Å². The lowest BCUT2D eigenvalue weighted by Crippen LogP contribution is -2.47. The van der Waals surface area contributed by atoms with Crippen molar-refractivity contribution in [2.24, 2.45) is 0 Å². The standard InChI is InChI=1S/C12H26N2O4S2/c1-11(2)13-7-4-5-8-20(17,18)14-12(3)6-9-19(15,16)10-12/h11,13-14H,4-10H2,1-3H3. The highest BCUT2D eigenvalue weighted by Crippen LogP contribution is 2.23. The molecule has 1 unspecified atom stereocenters. The van der Waals surface area contributed by atoms with Gasteiger partial charge in [0, 0.05) is 11.6 Å². The lowest BCUT2D eigenvalue weighted by atomic mass is 10.0. The summed E-state index contributed by atoms with van der Waals surface area (Å²) in [7, 11) is -6.52. The highest BCUT2D eigenvalue weighted by atomic mass is 32.2. The molecule has 0 saturated carbocycles. The van der Waals surface area contributed by atoms with E-state index < -0.39 is 25.4 Å². The Hall–Kier alpha value is -0.180. The maximum atomic E-state index is 12.0. The summed E-state index contributed by atoms with van der Waals surface area (Å²) < 4.78 is 49.4. The van der Waals surface area contributed by atoms with Gasteiger partial charge in [-0.2, -0.15) is 0 Å². The Bertz CT molecular complexity index is 514. The minimum Gasteiger partial charge on any atom is -0.315 e. The summed E-state index contributed by atoms with van der Waals surface area (Å²) in [5, 5.41) is 3.23. The average molecular weight is 326 g/mol. The first-order chi connectivity index (χ1) is 9.04. The molecular formula is C12H26N2O4S2. The van der Waals surface area contributed by atoms with Crippen LogP contribution in [0.5, 0.6) is 0 Å². The van der Waals surface area contributed by atoms with Gasteiger partial charge >= 0.3 is 0 Å². The Morgan fingerprint density at radius 1 is 1.25 bits per heavy atom. The maximum Gasteiger partial charge on any atom is 0.212 e. The maximum absolute atomic E-state index is 12.0. The molecule has 0 spiro atoms. The SMILES string of the molecule is CC(C)NCCCCS(=O)(=O)NC1(C)CCS(=O)(=O)C1. The van der Waals surface area contributed by atoms with Gasteiger partial charge in [0.05, 0.1) is 17.3 Å². The Morgan fingerprint density at radius 3 is 2.40 bits per heavy atom. The molecule has 0 aromatic heterocycles. The molecule has 1 atom stereocenters. The van der Waals surface area contributed by atoms with E-state index in [2.05, 4.69) is 10.0 Å². The van der Waals surface area contributed by atoms with Crippen LogP contribution < -0.4 is 10.0 Å². The first-order valence-corrected chi connectivity index (χ1v) is 10.5. The van der Waals surface area contributed by atoms with Crippen LogP contribution in [0.2, 0.25) is 0 Å². The number of hydrogen-bond acceptors (Lipinski definition) is 5. The predicted molar refractivity (Wildman–Crippen MR) is 81.0 cm³/mol. The van der Waals surface area contributed by atoms with Gasteiger partial charge in [0.2, 0.25) is 10.0 Å². The van der Waals surface area contributed by atoms with Crippen molar-refractivity contribution in [3.8, 4) is 0 Å². The van der Waals surface area contributed by atoms with Gasteiger partial charge in [-0.15, -0.1) is 0 Å². The van der Waals surface area contributed by atoms with Gasteiger partial charge in [-0.1, -0.05) is 13.8 Å². The zero-order valence-corrected chi connectivity index (χ0v) is 14.1. The van der Waals surface area contributed by atoms with Crippen molar-refractivity contribution in [2.45, 2.75) is 51.6 Å². The molecule has 1 fully saturated rings. The zero-order chi connectivity index (χ0) is 15.4. The molecule has 1 saturated heterocycles. The number of hydrogen-bond donors (Lipinski definition) is 2. The Labute approximate surface area is 122 Å². The van der Waals surface area contributed by atoms with Crippen LogP contribution in [0.3, 0.4) is 0 Å². The second kappa shape index (κ2) is 6.72. The Balaban J connectivity index is 2.39. The zero-order valence-electron chi connectivity index (χ0n) is 12.5. The average Bonchev–Trinajstić information content (AvgIpc) is 2.50. The van der Waals surface area contributed by atoms with Crippen LogP contribution >= 0.6 is 0 Å². The van der Waals surface area contributed by atoms with Gasteiger partial charge < -0.3 is 5.32 Å². The van der Waals surface area contributed by atoms with Crippen LogP contribution in [-0.2, 0) is 19.9 Å². The molecule has 0 aromatic rings. The molecule has 120 valence electrons. The molecule has 0 amide bonds. The first kappa shape index (κ1) is 17.9. The van der Waals surface area contributed by atoms with Gasteiger partial charge in [0.1, 0.15) is 0 Å². The third-order valence-corrected chi connectivity index (χ3v) is 6.83. The van der Waals surface area contributed by atoms with Crippen LogP contribution in [0.1, 0.15) is 40.0 Å². The molecule has 8 heteroatoms. The van der Waals surface area contributed by atoms with E-state index in [9.17, 15) is 16.8 Å². The van der Waals surface area contributed by atoms with E-state index in [4.69, 9.17) is 0 Å². The lowest BCUT2D eigenvalue weighted by molar-refractivity contribution is 0.460. The number of rotatable bonds is 8. The molecular weight excluding hydrogens is 300 g/mol. The summed E-state index contributed by atoms with van der Waals surface area (Å²) in [6.07, 6.45) is 1.70. The van der Waals surface area contributed by atoms with Crippen molar-refractivity contribution >= 4 is 19.9 Å². The largest absolute Gasteiger partial charge is 0.315 e. The Kier molecular flexibility index (Phi) is 6.01. The fraction of sp³-hybridized carbons (Fsp3) is 1.00. The highest BCUT2D eigenvalue weighted by Gasteiger charge is 2.40. The molecule has 1 aliphatic rings. The topological polar surface area (TPSA) is 92.3 Å². The van der Waals surface area contributed by atoms with Crippen LogP contribution in [0, 0.1) is 0 Å². The number of unbranched alkanes of at least 4 members (excludes halogenated alkanes) is 1. The third-order valence-electron chi connectivity index (χ3n) is 3.30. The predicted octanol–water partition coefficient (Wildman–Crippen LogP) is 0.261. The van der Waals surface area contributed by atoms with Crippen molar-refractivity contribution < 1.29 is 16.8 Å². The normalized spacial score (nSPS) is 26.2. The monoisotopic (exact) mass is 326 g/mol. The van der Waals surface area contributed by atoms with Crippen molar-refractivity contribution in [2.75, 3.05) is 23.8 Å². The molecule has 0 aromatic carbocycles. The summed E-state index contributed by atoms with van der Waals surface area (Å²) in [6, 6.07) is 0.396. The molecule has 1 rings (SSSR count).